The Hall–Kier alpha value is -6.64. The topological polar surface area (TPSA) is 6.48 Å². The Morgan fingerprint density at radius 3 is 1.41 bits per heavy atom. The molecule has 2 atom stereocenters. The van der Waals surface area contributed by atoms with E-state index in [9.17, 15) is 0 Å². The summed E-state index contributed by atoms with van der Waals surface area (Å²) in [5, 5.41) is 0. The Balaban J connectivity index is 0.857. The highest BCUT2D eigenvalue weighted by Gasteiger charge is 2.51. The average Bonchev–Trinajstić information content (AvgIpc) is 3.65. The zero-order valence-electron chi connectivity index (χ0n) is 43.8. The molecule has 5 saturated carbocycles. The highest BCUT2D eigenvalue weighted by atomic mass is 15.1. The number of nitrogens with zero attached hydrogens (tertiary/aromatic N) is 2. The van der Waals surface area contributed by atoms with E-state index in [0.29, 0.717) is 11.3 Å². The quantitative estimate of drug-likeness (QED) is 0.135. The third-order valence-electron chi connectivity index (χ3n) is 19.2. The van der Waals surface area contributed by atoms with Crippen molar-refractivity contribution < 1.29 is 0 Å². The maximum Gasteiger partial charge on any atom is 0.0465 e. The smallest absolute Gasteiger partial charge is 0.0465 e. The predicted molar refractivity (Wildman–Crippen MR) is 307 cm³/mol. The van der Waals surface area contributed by atoms with Crippen LogP contribution in [0.3, 0.4) is 0 Å². The summed E-state index contributed by atoms with van der Waals surface area (Å²) in [7, 11) is 0. The molecule has 0 aliphatic heterocycles. The molecule has 0 heterocycles. The van der Waals surface area contributed by atoms with Gasteiger partial charge in [0.05, 0.1) is 0 Å². The van der Waals surface area contributed by atoms with Crippen LogP contribution < -0.4 is 9.80 Å². The molecular formula is C71H72N2. The van der Waals surface area contributed by atoms with Gasteiger partial charge in [-0.15, -0.1) is 0 Å². The lowest BCUT2D eigenvalue weighted by atomic mass is 9.48. The fourth-order valence-electron chi connectivity index (χ4n) is 15.8. The molecule has 0 amide bonds. The minimum Gasteiger partial charge on any atom is -0.311 e. The molecule has 6 aliphatic rings. The molecule has 366 valence electrons. The van der Waals surface area contributed by atoms with Crippen molar-refractivity contribution >= 4 is 34.1 Å². The van der Waals surface area contributed by atoms with Gasteiger partial charge in [-0.2, -0.15) is 0 Å². The van der Waals surface area contributed by atoms with Gasteiger partial charge in [0.15, 0.2) is 0 Å². The predicted octanol–water partition coefficient (Wildman–Crippen LogP) is 19.6. The summed E-state index contributed by atoms with van der Waals surface area (Å²) in [5.41, 5.74) is 20.0. The summed E-state index contributed by atoms with van der Waals surface area (Å²) in [5.74, 6) is 3.43. The SMILES string of the molecule is CC1(C)c2cc(N(c3ccccc3)c3ccc(C4(c5ccc(N(c6ccccc6)c6ccc(C78CC9CC(CC(C9)C7)C8)cc6)cc5)CCCC(C(C)(C)C)C4)cc3)ccc2-c2c(-c3ccccc3)cccc21. The third kappa shape index (κ3) is 7.98. The Kier molecular flexibility index (Phi) is 11.3. The molecule has 5 fully saturated rings. The van der Waals surface area contributed by atoms with Crippen molar-refractivity contribution in [3.8, 4) is 22.3 Å². The molecule has 0 saturated heterocycles. The summed E-state index contributed by atoms with van der Waals surface area (Å²) in [4.78, 5) is 4.95. The highest BCUT2D eigenvalue weighted by Crippen LogP contribution is 2.61. The Bertz CT molecular complexity index is 3220. The number of rotatable bonds is 10. The van der Waals surface area contributed by atoms with E-state index in [4.69, 9.17) is 0 Å². The zero-order valence-corrected chi connectivity index (χ0v) is 43.8. The van der Waals surface area contributed by atoms with Gasteiger partial charge in [0, 0.05) is 45.0 Å². The van der Waals surface area contributed by atoms with Gasteiger partial charge in [0.2, 0.25) is 0 Å². The lowest BCUT2D eigenvalue weighted by Gasteiger charge is -2.57. The van der Waals surface area contributed by atoms with Crippen molar-refractivity contribution in [1.29, 1.82) is 0 Å². The first-order valence-corrected chi connectivity index (χ1v) is 27.8. The molecule has 4 bridgehead atoms. The average molecular weight is 953 g/mol. The van der Waals surface area contributed by atoms with E-state index in [1.807, 2.05) is 0 Å². The molecule has 14 rings (SSSR count). The van der Waals surface area contributed by atoms with Gasteiger partial charge >= 0.3 is 0 Å². The maximum absolute atomic E-state index is 2.50. The summed E-state index contributed by atoms with van der Waals surface area (Å²) >= 11 is 0. The van der Waals surface area contributed by atoms with Crippen LogP contribution in [-0.4, -0.2) is 0 Å². The van der Waals surface area contributed by atoms with Crippen molar-refractivity contribution in [3.05, 3.63) is 228 Å². The summed E-state index contributed by atoms with van der Waals surface area (Å²) < 4.78 is 0. The number of hydrogen-bond acceptors (Lipinski definition) is 2. The maximum atomic E-state index is 2.50. The molecule has 8 aromatic rings. The van der Waals surface area contributed by atoms with E-state index in [-0.39, 0.29) is 16.2 Å². The van der Waals surface area contributed by atoms with Gasteiger partial charge in [-0.1, -0.05) is 168 Å². The van der Waals surface area contributed by atoms with Crippen LogP contribution >= 0.6 is 0 Å². The van der Waals surface area contributed by atoms with Gasteiger partial charge in [0.25, 0.3) is 0 Å². The van der Waals surface area contributed by atoms with Crippen molar-refractivity contribution in [2.75, 3.05) is 9.80 Å². The number of anilines is 6. The molecule has 6 aliphatic carbocycles. The van der Waals surface area contributed by atoms with Crippen molar-refractivity contribution in [2.24, 2.45) is 29.1 Å². The molecule has 2 nitrogen and oxygen atoms in total. The van der Waals surface area contributed by atoms with Crippen LogP contribution in [0.5, 0.6) is 0 Å². The first-order valence-electron chi connectivity index (χ1n) is 27.8. The molecule has 0 N–H and O–H groups in total. The number of para-hydroxylation sites is 2. The summed E-state index contributed by atoms with van der Waals surface area (Å²) in [6.07, 6.45) is 13.4. The lowest BCUT2D eigenvalue weighted by molar-refractivity contribution is -0.00518. The van der Waals surface area contributed by atoms with E-state index in [0.717, 1.165) is 36.3 Å². The van der Waals surface area contributed by atoms with Crippen molar-refractivity contribution in [1.82, 2.24) is 0 Å². The van der Waals surface area contributed by atoms with Crippen LogP contribution in [0.25, 0.3) is 22.3 Å². The van der Waals surface area contributed by atoms with E-state index in [1.54, 1.807) is 5.56 Å². The van der Waals surface area contributed by atoms with Crippen LogP contribution in [0, 0.1) is 29.1 Å². The summed E-state index contributed by atoms with van der Waals surface area (Å²) in [6.45, 7) is 12.2. The van der Waals surface area contributed by atoms with Gasteiger partial charge in [0.1, 0.15) is 0 Å². The molecule has 0 aromatic heterocycles. The van der Waals surface area contributed by atoms with Crippen LogP contribution in [0.1, 0.15) is 127 Å². The van der Waals surface area contributed by atoms with Gasteiger partial charge < -0.3 is 9.80 Å². The fraction of sp³-hybridized carbons (Fsp3) is 0.324. The standard InChI is InChI=1S/C71H72N2/c1-68(2,3)56-19-16-40-71(48-56,54-28-34-60(35-29-54)72(57-20-11-7-12-21-57)59-32-26-53(27-33-59)70-45-49-41-50(46-70)43-51(42-49)47-70)55-30-36-61(37-31-55)73(58-22-13-8-14-23-58)62-38-39-64-66(44-62)69(4,5)65-25-15-24-63(67(64)65)52-17-9-6-10-18-52/h6-15,17-18,20-39,44,49-51,56H,16,19,40-43,45-48H2,1-5H3. The molecule has 0 spiro atoms. The van der Waals surface area contributed by atoms with Crippen LogP contribution in [0.15, 0.2) is 200 Å². The Labute approximate surface area is 436 Å². The van der Waals surface area contributed by atoms with Crippen LogP contribution in [-0.2, 0) is 16.2 Å². The fourth-order valence-corrected chi connectivity index (χ4v) is 15.8. The van der Waals surface area contributed by atoms with Crippen molar-refractivity contribution in [2.45, 2.75) is 115 Å². The van der Waals surface area contributed by atoms with Gasteiger partial charge in [-0.3, -0.25) is 0 Å². The second-order valence-electron chi connectivity index (χ2n) is 24.9. The number of hydrogen-bond donors (Lipinski definition) is 0. The minimum absolute atomic E-state index is 0.109. The first-order chi connectivity index (χ1) is 35.5. The second-order valence-corrected chi connectivity index (χ2v) is 24.9. The third-order valence-corrected chi connectivity index (χ3v) is 19.2. The van der Waals surface area contributed by atoms with E-state index < -0.39 is 0 Å². The van der Waals surface area contributed by atoms with Crippen molar-refractivity contribution in [3.63, 3.8) is 0 Å². The number of fused-ring (bicyclic) bond motifs is 3. The van der Waals surface area contributed by atoms with E-state index >= 15 is 0 Å². The molecule has 0 radical (unpaired) electrons. The Morgan fingerprint density at radius 2 is 0.890 bits per heavy atom. The molecule has 2 unspecified atom stereocenters. The molecular weight excluding hydrogens is 881 g/mol. The first kappa shape index (κ1) is 46.2. The van der Waals surface area contributed by atoms with E-state index in [1.165, 1.54) is 124 Å². The molecule has 2 heteroatoms. The summed E-state index contributed by atoms with van der Waals surface area (Å²) in [6, 6.07) is 76.4. The van der Waals surface area contributed by atoms with E-state index in [2.05, 4.69) is 245 Å². The van der Waals surface area contributed by atoms with Crippen LogP contribution in [0.4, 0.5) is 34.1 Å². The minimum atomic E-state index is -0.152. The lowest BCUT2D eigenvalue weighted by Crippen LogP contribution is -2.48. The largest absolute Gasteiger partial charge is 0.311 e. The van der Waals surface area contributed by atoms with Crippen LogP contribution in [0.2, 0.25) is 0 Å². The highest BCUT2D eigenvalue weighted by molar-refractivity contribution is 5.94. The monoisotopic (exact) mass is 953 g/mol. The van der Waals surface area contributed by atoms with Gasteiger partial charge in [-0.05, 0) is 215 Å². The Morgan fingerprint density at radius 1 is 0.425 bits per heavy atom. The molecule has 73 heavy (non-hydrogen) atoms. The molecule has 8 aromatic carbocycles. The second kappa shape index (κ2) is 17.8. The normalized spacial score (nSPS) is 24.5. The van der Waals surface area contributed by atoms with Gasteiger partial charge in [-0.25, -0.2) is 0 Å². The number of benzene rings is 8. The zero-order chi connectivity index (χ0) is 49.5.